The monoisotopic (exact) mass is 425 g/mol. The van der Waals surface area contributed by atoms with Crippen LogP contribution in [0.1, 0.15) is 35.7 Å². The van der Waals surface area contributed by atoms with Gasteiger partial charge in [-0.25, -0.2) is 9.18 Å². The van der Waals surface area contributed by atoms with Crippen LogP contribution in [-0.2, 0) is 9.53 Å². The first-order chi connectivity index (χ1) is 14.9. The van der Waals surface area contributed by atoms with E-state index in [9.17, 15) is 14.0 Å². The first-order valence-electron chi connectivity index (χ1n) is 10.4. The Bertz CT molecular complexity index is 924. The lowest BCUT2D eigenvalue weighted by atomic mass is 9.92. The summed E-state index contributed by atoms with van der Waals surface area (Å²) in [7, 11) is 1.76. The van der Waals surface area contributed by atoms with Gasteiger partial charge in [-0.2, -0.15) is 0 Å². The van der Waals surface area contributed by atoms with Crippen LogP contribution in [0.4, 0.5) is 9.18 Å². The molecule has 0 saturated carbocycles. The van der Waals surface area contributed by atoms with Crippen LogP contribution in [0.25, 0.3) is 0 Å². The van der Waals surface area contributed by atoms with Crippen molar-refractivity contribution in [3.8, 4) is 0 Å². The van der Waals surface area contributed by atoms with Crippen molar-refractivity contribution in [2.75, 3.05) is 26.7 Å². The number of aromatic nitrogens is 1. The predicted molar refractivity (Wildman–Crippen MR) is 116 cm³/mol. The molecule has 0 radical (unpaired) electrons. The van der Waals surface area contributed by atoms with Crippen molar-refractivity contribution in [1.82, 2.24) is 14.8 Å². The molecule has 2 amide bonds. The van der Waals surface area contributed by atoms with E-state index in [0.29, 0.717) is 25.9 Å². The normalized spacial score (nSPS) is 15.3. The summed E-state index contributed by atoms with van der Waals surface area (Å²) >= 11 is 0. The summed E-state index contributed by atoms with van der Waals surface area (Å²) in [5.74, 6) is -0.552. The second kappa shape index (κ2) is 10.2. The zero-order valence-electron chi connectivity index (χ0n) is 18.0. The van der Waals surface area contributed by atoms with Crippen LogP contribution in [0.15, 0.2) is 55.3 Å². The van der Waals surface area contributed by atoms with Crippen LogP contribution in [0.5, 0.6) is 0 Å². The van der Waals surface area contributed by atoms with E-state index in [-0.39, 0.29) is 30.3 Å². The molecule has 31 heavy (non-hydrogen) atoms. The van der Waals surface area contributed by atoms with Crippen LogP contribution >= 0.6 is 0 Å². The second-order valence-electron chi connectivity index (χ2n) is 7.74. The Labute approximate surface area is 182 Å². The highest BCUT2D eigenvalue weighted by atomic mass is 19.1. The maximum absolute atomic E-state index is 13.5. The predicted octanol–water partition coefficient (Wildman–Crippen LogP) is 4.11. The van der Waals surface area contributed by atoms with E-state index in [4.69, 9.17) is 4.74 Å². The zero-order valence-corrected chi connectivity index (χ0v) is 18.0. The molecule has 1 unspecified atom stereocenters. The van der Waals surface area contributed by atoms with Crippen molar-refractivity contribution >= 4 is 12.0 Å². The number of nitrogens with zero attached hydrogens (tertiary/aromatic N) is 3. The molecule has 1 aromatic heterocycles. The van der Waals surface area contributed by atoms with Gasteiger partial charge in [0.15, 0.2) is 0 Å². The number of pyridine rings is 1. The molecule has 1 saturated heterocycles. The van der Waals surface area contributed by atoms with Gasteiger partial charge in [0, 0.05) is 32.3 Å². The molecule has 0 bridgehead atoms. The smallest absolute Gasteiger partial charge is 0.410 e. The molecule has 0 spiro atoms. The number of hydrogen-bond donors (Lipinski definition) is 0. The minimum Gasteiger partial charge on any atom is -0.445 e. The molecule has 1 fully saturated rings. The summed E-state index contributed by atoms with van der Waals surface area (Å²) in [6, 6.07) is 9.55. The van der Waals surface area contributed by atoms with Gasteiger partial charge in [-0.15, -0.1) is 0 Å². The molecule has 7 heteroatoms. The summed E-state index contributed by atoms with van der Waals surface area (Å²) in [5.41, 5.74) is 2.51. The standard InChI is InChI=1S/C24H28FN3O3/c1-4-16-31-24(30)28-14-11-19(12-15-28)23(29)27(3)22(18-7-9-20(25)10-8-18)21-17(2)6-5-13-26-21/h4-10,13,19,22H,1,11-12,14-16H2,2-3H3. The number of hydrogen-bond acceptors (Lipinski definition) is 4. The molecule has 0 N–H and O–H groups in total. The first kappa shape index (κ1) is 22.5. The van der Waals surface area contributed by atoms with E-state index in [1.54, 1.807) is 35.2 Å². The number of aryl methyl sites for hydroxylation is 1. The number of carbonyl (C=O) groups is 2. The van der Waals surface area contributed by atoms with Crippen molar-refractivity contribution in [3.05, 3.63) is 77.9 Å². The maximum atomic E-state index is 13.5. The van der Waals surface area contributed by atoms with Crippen LogP contribution in [0.3, 0.4) is 0 Å². The summed E-state index contributed by atoms with van der Waals surface area (Å²) in [4.78, 5) is 33.3. The van der Waals surface area contributed by atoms with Gasteiger partial charge in [0.1, 0.15) is 12.4 Å². The number of likely N-dealkylation sites (tertiary alicyclic amines) is 1. The minimum atomic E-state index is -0.426. The maximum Gasteiger partial charge on any atom is 0.410 e. The van der Waals surface area contributed by atoms with Crippen LogP contribution < -0.4 is 0 Å². The van der Waals surface area contributed by atoms with Gasteiger partial charge in [-0.1, -0.05) is 30.9 Å². The summed E-state index contributed by atoms with van der Waals surface area (Å²) < 4.78 is 18.6. The number of halogens is 1. The summed E-state index contributed by atoms with van der Waals surface area (Å²) in [5, 5.41) is 0. The number of benzene rings is 1. The van der Waals surface area contributed by atoms with Crippen molar-refractivity contribution in [3.63, 3.8) is 0 Å². The summed E-state index contributed by atoms with van der Waals surface area (Å²) in [6.45, 7) is 6.58. The second-order valence-corrected chi connectivity index (χ2v) is 7.74. The molecule has 3 rings (SSSR count). The van der Waals surface area contributed by atoms with Gasteiger partial charge >= 0.3 is 6.09 Å². The van der Waals surface area contributed by atoms with Gasteiger partial charge in [-0.05, 0) is 49.1 Å². The highest BCUT2D eigenvalue weighted by Gasteiger charge is 2.33. The lowest BCUT2D eigenvalue weighted by Gasteiger charge is -2.35. The van der Waals surface area contributed by atoms with Gasteiger partial charge in [0.05, 0.1) is 11.7 Å². The van der Waals surface area contributed by atoms with E-state index < -0.39 is 6.04 Å². The lowest BCUT2D eigenvalue weighted by molar-refractivity contribution is -0.137. The Balaban J connectivity index is 1.77. The molecule has 1 aliphatic rings. The number of piperidine rings is 1. The lowest BCUT2D eigenvalue weighted by Crippen LogP contribution is -2.44. The molecule has 0 aliphatic carbocycles. The zero-order chi connectivity index (χ0) is 22.4. The third kappa shape index (κ3) is 5.29. The number of amides is 2. The minimum absolute atomic E-state index is 0.0153. The van der Waals surface area contributed by atoms with Crippen LogP contribution in [0.2, 0.25) is 0 Å². The van der Waals surface area contributed by atoms with Gasteiger partial charge in [0.2, 0.25) is 5.91 Å². The molecule has 1 aliphatic heterocycles. The highest BCUT2D eigenvalue weighted by molar-refractivity contribution is 5.80. The third-order valence-corrected chi connectivity index (χ3v) is 5.66. The van der Waals surface area contributed by atoms with E-state index >= 15 is 0 Å². The topological polar surface area (TPSA) is 62.7 Å². The number of rotatable bonds is 6. The Morgan fingerprint density at radius 2 is 1.97 bits per heavy atom. The number of ether oxygens (including phenoxy) is 1. The fourth-order valence-electron chi connectivity index (χ4n) is 3.94. The Morgan fingerprint density at radius 3 is 2.58 bits per heavy atom. The van der Waals surface area contributed by atoms with Crippen molar-refractivity contribution in [2.45, 2.75) is 25.8 Å². The van der Waals surface area contributed by atoms with Crippen molar-refractivity contribution in [2.24, 2.45) is 5.92 Å². The Morgan fingerprint density at radius 1 is 1.29 bits per heavy atom. The molecule has 2 heterocycles. The van der Waals surface area contributed by atoms with Gasteiger partial charge in [-0.3, -0.25) is 9.78 Å². The SMILES string of the molecule is C=CCOC(=O)N1CCC(C(=O)N(C)C(c2ccc(F)cc2)c2ncccc2C)CC1. The largest absolute Gasteiger partial charge is 0.445 e. The van der Waals surface area contributed by atoms with E-state index in [0.717, 1.165) is 16.8 Å². The summed E-state index contributed by atoms with van der Waals surface area (Å²) in [6.07, 6.45) is 3.96. The van der Waals surface area contributed by atoms with Crippen molar-refractivity contribution < 1.29 is 18.7 Å². The number of carbonyl (C=O) groups excluding carboxylic acids is 2. The molecule has 1 aromatic carbocycles. The Kier molecular flexibility index (Phi) is 7.39. The molecule has 164 valence electrons. The first-order valence-corrected chi connectivity index (χ1v) is 10.4. The molecule has 2 aromatic rings. The third-order valence-electron chi connectivity index (χ3n) is 5.66. The Hall–Kier alpha value is -3.22. The molecule has 6 nitrogen and oxygen atoms in total. The molecular weight excluding hydrogens is 397 g/mol. The van der Waals surface area contributed by atoms with E-state index in [2.05, 4.69) is 11.6 Å². The van der Waals surface area contributed by atoms with E-state index in [1.165, 1.54) is 18.2 Å². The average molecular weight is 426 g/mol. The fraction of sp³-hybridized carbons (Fsp3) is 0.375. The van der Waals surface area contributed by atoms with Crippen molar-refractivity contribution in [1.29, 1.82) is 0 Å². The van der Waals surface area contributed by atoms with E-state index in [1.807, 2.05) is 19.1 Å². The average Bonchev–Trinajstić information content (AvgIpc) is 2.79. The quantitative estimate of drug-likeness (QED) is 0.654. The molecule has 1 atom stereocenters. The molecular formula is C24H28FN3O3. The van der Waals surface area contributed by atoms with Crippen LogP contribution in [0, 0.1) is 18.7 Å². The fourth-order valence-corrected chi connectivity index (χ4v) is 3.94. The highest BCUT2D eigenvalue weighted by Crippen LogP contribution is 2.31. The van der Waals surface area contributed by atoms with Gasteiger partial charge in [0.25, 0.3) is 0 Å². The van der Waals surface area contributed by atoms with Gasteiger partial charge < -0.3 is 14.5 Å². The van der Waals surface area contributed by atoms with Crippen LogP contribution in [-0.4, -0.2) is 53.5 Å².